The van der Waals surface area contributed by atoms with Crippen LogP contribution in [0.15, 0.2) is 67.3 Å². The van der Waals surface area contributed by atoms with E-state index in [2.05, 4.69) is 47.2 Å². The summed E-state index contributed by atoms with van der Waals surface area (Å²) < 4.78 is 19.8. The largest absolute Gasteiger partial charge is 0.442 e. The van der Waals surface area contributed by atoms with Crippen LogP contribution >= 0.6 is 0 Å². The van der Waals surface area contributed by atoms with Crippen LogP contribution < -0.4 is 5.32 Å². The lowest BCUT2D eigenvalue weighted by Gasteiger charge is -2.19. The lowest BCUT2D eigenvalue weighted by atomic mass is 10.1. The average Bonchev–Trinajstić information content (AvgIpc) is 3.35. The van der Waals surface area contributed by atoms with E-state index in [1.807, 2.05) is 13.0 Å². The van der Waals surface area contributed by atoms with Gasteiger partial charge in [-0.2, -0.15) is 9.78 Å². The number of nitrogens with one attached hydrogen (secondary N) is 1. The molecule has 0 bridgehead atoms. The summed E-state index contributed by atoms with van der Waals surface area (Å²) in [6, 6.07) is 11.5. The Morgan fingerprint density at radius 2 is 1.82 bits per heavy atom. The number of pyridine rings is 1. The minimum atomic E-state index is -0.624. The highest BCUT2D eigenvalue weighted by Crippen LogP contribution is 2.19. The van der Waals surface area contributed by atoms with Gasteiger partial charge >= 0.3 is 6.09 Å². The van der Waals surface area contributed by atoms with Gasteiger partial charge in [0.1, 0.15) is 22.8 Å². The molecular formula is C29H25FN8O2. The van der Waals surface area contributed by atoms with Gasteiger partial charge in [0.15, 0.2) is 5.82 Å². The van der Waals surface area contributed by atoms with Gasteiger partial charge in [-0.3, -0.25) is 4.98 Å². The molecule has 5 aromatic rings. The predicted molar refractivity (Wildman–Crippen MR) is 147 cm³/mol. The van der Waals surface area contributed by atoms with E-state index in [9.17, 15) is 9.18 Å². The second-order valence-corrected chi connectivity index (χ2v) is 9.86. The molecule has 1 unspecified atom stereocenters. The van der Waals surface area contributed by atoms with Crippen LogP contribution in [0.3, 0.4) is 0 Å². The van der Waals surface area contributed by atoms with Crippen molar-refractivity contribution in [3.05, 3.63) is 90.0 Å². The Balaban J connectivity index is 1.33. The highest BCUT2D eigenvalue weighted by molar-refractivity contribution is 5.88. The van der Waals surface area contributed by atoms with Crippen molar-refractivity contribution in [3.63, 3.8) is 0 Å². The Bertz CT molecular complexity index is 1750. The number of ether oxygens (including phenoxy) is 1. The first-order valence-electron chi connectivity index (χ1n) is 12.4. The van der Waals surface area contributed by atoms with E-state index < -0.39 is 17.5 Å². The SMILES string of the molecule is CC(Nc1nccc(-c2nccc(C#Cc3ccc4c(cnn4C(=O)OC(C)(C)C)c3)n2)n1)c1ccc(F)cn1. The van der Waals surface area contributed by atoms with Crippen molar-refractivity contribution in [1.82, 2.24) is 34.7 Å². The molecule has 4 aromatic heterocycles. The van der Waals surface area contributed by atoms with Crippen LogP contribution in [0.1, 0.15) is 50.7 Å². The monoisotopic (exact) mass is 536 g/mol. The number of hydrogen-bond donors (Lipinski definition) is 1. The molecule has 200 valence electrons. The maximum absolute atomic E-state index is 13.2. The van der Waals surface area contributed by atoms with Crippen LogP contribution in [0, 0.1) is 17.7 Å². The number of nitrogens with zero attached hydrogens (tertiary/aromatic N) is 7. The smallest absolute Gasteiger partial charge is 0.435 e. The van der Waals surface area contributed by atoms with Gasteiger partial charge in [0, 0.05) is 23.3 Å². The second-order valence-electron chi connectivity index (χ2n) is 9.86. The quantitative estimate of drug-likeness (QED) is 0.310. The zero-order valence-corrected chi connectivity index (χ0v) is 22.3. The van der Waals surface area contributed by atoms with Crippen LogP contribution in [0.4, 0.5) is 15.1 Å². The minimum absolute atomic E-state index is 0.248. The number of rotatable bonds is 4. The first kappa shape index (κ1) is 26.4. The Hall–Kier alpha value is -5.24. The molecule has 1 aromatic carbocycles. The lowest BCUT2D eigenvalue weighted by molar-refractivity contribution is 0.0522. The molecule has 0 amide bonds. The van der Waals surface area contributed by atoms with Crippen LogP contribution in [0.2, 0.25) is 0 Å². The summed E-state index contributed by atoms with van der Waals surface area (Å²) >= 11 is 0. The summed E-state index contributed by atoms with van der Waals surface area (Å²) in [4.78, 5) is 34.2. The van der Waals surface area contributed by atoms with Gasteiger partial charge in [0.2, 0.25) is 5.95 Å². The maximum atomic E-state index is 13.2. The van der Waals surface area contributed by atoms with E-state index in [0.29, 0.717) is 34.4 Å². The van der Waals surface area contributed by atoms with Crippen LogP contribution in [0.25, 0.3) is 22.4 Å². The Morgan fingerprint density at radius 3 is 2.60 bits per heavy atom. The second kappa shape index (κ2) is 10.9. The number of fused-ring (bicyclic) bond motifs is 1. The molecule has 0 fully saturated rings. The van der Waals surface area contributed by atoms with Gasteiger partial charge < -0.3 is 10.1 Å². The fraction of sp³-hybridized carbons (Fsp3) is 0.207. The number of benzene rings is 1. The first-order valence-corrected chi connectivity index (χ1v) is 12.4. The maximum Gasteiger partial charge on any atom is 0.435 e. The zero-order chi connectivity index (χ0) is 28.3. The average molecular weight is 537 g/mol. The molecule has 1 N–H and O–H groups in total. The van der Waals surface area contributed by atoms with Crippen molar-refractivity contribution < 1.29 is 13.9 Å². The number of carbonyl (C=O) groups excluding carboxylic acids is 1. The highest BCUT2D eigenvalue weighted by Gasteiger charge is 2.20. The van der Waals surface area contributed by atoms with E-state index in [0.717, 1.165) is 10.9 Å². The highest BCUT2D eigenvalue weighted by atomic mass is 19.1. The third kappa shape index (κ3) is 6.24. The summed E-state index contributed by atoms with van der Waals surface area (Å²) in [5.41, 5.74) is 2.40. The van der Waals surface area contributed by atoms with Gasteiger partial charge in [-0.15, -0.1) is 0 Å². The van der Waals surface area contributed by atoms with Gasteiger partial charge in [0.05, 0.1) is 29.6 Å². The van der Waals surface area contributed by atoms with Crippen molar-refractivity contribution in [2.75, 3.05) is 5.32 Å². The van der Waals surface area contributed by atoms with Gasteiger partial charge in [-0.25, -0.2) is 29.1 Å². The van der Waals surface area contributed by atoms with Crippen molar-refractivity contribution in [1.29, 1.82) is 0 Å². The first-order chi connectivity index (χ1) is 19.1. The predicted octanol–water partition coefficient (Wildman–Crippen LogP) is 5.17. The molecule has 11 heteroatoms. The summed E-state index contributed by atoms with van der Waals surface area (Å²) in [7, 11) is 0. The van der Waals surface area contributed by atoms with Crippen molar-refractivity contribution >= 4 is 22.9 Å². The minimum Gasteiger partial charge on any atom is -0.442 e. The summed E-state index contributed by atoms with van der Waals surface area (Å²) in [5, 5.41) is 8.08. The van der Waals surface area contributed by atoms with Crippen LogP contribution in [0.5, 0.6) is 0 Å². The number of carbonyl (C=O) groups is 1. The van der Waals surface area contributed by atoms with Crippen molar-refractivity contribution in [2.45, 2.75) is 39.3 Å². The number of halogens is 1. The Kier molecular flexibility index (Phi) is 7.16. The van der Waals surface area contributed by atoms with Gasteiger partial charge in [-0.05, 0) is 76.1 Å². The molecular weight excluding hydrogens is 511 g/mol. The summed E-state index contributed by atoms with van der Waals surface area (Å²) in [6.07, 6.45) is 5.44. The van der Waals surface area contributed by atoms with Gasteiger partial charge in [0.25, 0.3) is 0 Å². The molecule has 1 atom stereocenters. The van der Waals surface area contributed by atoms with Gasteiger partial charge in [-0.1, -0.05) is 5.92 Å². The molecule has 0 aliphatic rings. The normalized spacial score (nSPS) is 11.9. The molecule has 0 aliphatic heterocycles. The standard InChI is InChI=1S/C29H25FN8O2/c1-18(23-9-7-21(30)17-33-23)35-27-32-14-12-24(37-27)26-31-13-11-22(36-26)8-5-19-6-10-25-20(15-19)16-34-38(25)28(39)40-29(2,3)4/h6-7,9-18H,1-4H3,(H,32,35,37). The third-order valence-corrected chi connectivity index (χ3v) is 5.55. The summed E-state index contributed by atoms with van der Waals surface area (Å²) in [6.45, 7) is 7.29. The molecule has 0 saturated carbocycles. The lowest BCUT2D eigenvalue weighted by Crippen LogP contribution is -2.27. The molecule has 40 heavy (non-hydrogen) atoms. The molecule has 5 rings (SSSR count). The number of hydrogen-bond acceptors (Lipinski definition) is 9. The molecule has 0 aliphatic carbocycles. The molecule has 4 heterocycles. The van der Waals surface area contributed by atoms with E-state index in [-0.39, 0.29) is 6.04 Å². The van der Waals surface area contributed by atoms with E-state index in [1.54, 1.807) is 69.7 Å². The van der Waals surface area contributed by atoms with E-state index in [1.165, 1.54) is 16.9 Å². The van der Waals surface area contributed by atoms with Crippen LogP contribution in [-0.2, 0) is 4.74 Å². The molecule has 0 radical (unpaired) electrons. The number of aromatic nitrogens is 7. The fourth-order valence-electron chi connectivity index (χ4n) is 3.71. The third-order valence-electron chi connectivity index (χ3n) is 5.55. The Labute approximate surface area is 229 Å². The topological polar surface area (TPSA) is 121 Å². The number of anilines is 1. The molecule has 10 nitrogen and oxygen atoms in total. The molecule has 0 saturated heterocycles. The zero-order valence-electron chi connectivity index (χ0n) is 22.3. The fourth-order valence-corrected chi connectivity index (χ4v) is 3.71. The van der Waals surface area contributed by atoms with Crippen molar-refractivity contribution in [3.8, 4) is 23.4 Å². The van der Waals surface area contributed by atoms with E-state index in [4.69, 9.17) is 4.74 Å². The van der Waals surface area contributed by atoms with Crippen molar-refractivity contribution in [2.24, 2.45) is 0 Å². The Morgan fingerprint density at radius 1 is 1.00 bits per heavy atom. The van der Waals surface area contributed by atoms with Crippen LogP contribution in [-0.4, -0.2) is 46.4 Å². The van der Waals surface area contributed by atoms with E-state index >= 15 is 0 Å². The molecule has 0 spiro atoms. The summed E-state index contributed by atoms with van der Waals surface area (Å²) in [5.74, 6) is 6.49.